The first-order valence-corrected chi connectivity index (χ1v) is 8.99. The number of rotatable bonds is 6. The van der Waals surface area contributed by atoms with Crippen molar-refractivity contribution in [2.45, 2.75) is 26.3 Å². The van der Waals surface area contributed by atoms with Gasteiger partial charge in [-0.3, -0.25) is 9.59 Å². The number of carbonyl (C=O) groups is 2. The molecule has 0 aliphatic rings. The molecule has 2 rings (SSSR count). The summed E-state index contributed by atoms with van der Waals surface area (Å²) in [5, 5.41) is 2.75. The van der Waals surface area contributed by atoms with Gasteiger partial charge in [-0.15, -0.1) is 11.3 Å². The van der Waals surface area contributed by atoms with E-state index in [1.807, 2.05) is 44.2 Å². The summed E-state index contributed by atoms with van der Waals surface area (Å²) in [6, 6.07) is 10.9. The molecule has 4 nitrogen and oxygen atoms in total. The predicted octanol–water partition coefficient (Wildman–Crippen LogP) is 3.81. The highest BCUT2D eigenvalue weighted by Gasteiger charge is 2.24. The van der Waals surface area contributed by atoms with E-state index in [9.17, 15) is 9.59 Å². The van der Waals surface area contributed by atoms with Crippen LogP contribution in [0.5, 0.6) is 0 Å². The van der Waals surface area contributed by atoms with Crippen molar-refractivity contribution in [3.63, 3.8) is 0 Å². The normalized spacial score (nSPS) is 13.3. The summed E-state index contributed by atoms with van der Waals surface area (Å²) in [6.45, 7) is 3.86. The Labute approximate surface area is 148 Å². The van der Waals surface area contributed by atoms with Gasteiger partial charge in [0, 0.05) is 9.35 Å². The molecule has 0 radical (unpaired) electrons. The third kappa shape index (κ3) is 4.42. The van der Waals surface area contributed by atoms with Crippen molar-refractivity contribution in [2.24, 2.45) is 11.7 Å². The van der Waals surface area contributed by atoms with Crippen LogP contribution in [-0.2, 0) is 4.79 Å². The van der Waals surface area contributed by atoms with Crippen LogP contribution in [0.25, 0.3) is 10.4 Å². The van der Waals surface area contributed by atoms with Crippen molar-refractivity contribution in [3.05, 3.63) is 45.7 Å². The average Bonchev–Trinajstić information content (AvgIpc) is 3.02. The predicted molar refractivity (Wildman–Crippen MR) is 97.4 cm³/mol. The highest BCUT2D eigenvalue weighted by Crippen LogP contribution is 2.29. The molecule has 2 atom stereocenters. The fourth-order valence-electron chi connectivity index (χ4n) is 2.17. The quantitative estimate of drug-likeness (QED) is 0.781. The highest BCUT2D eigenvalue weighted by molar-refractivity contribution is 9.10. The van der Waals surface area contributed by atoms with E-state index in [4.69, 9.17) is 5.73 Å². The number of carbonyl (C=O) groups excluding carboxylic acids is 2. The van der Waals surface area contributed by atoms with Gasteiger partial charge in [0.1, 0.15) is 6.04 Å². The Bertz CT molecular complexity index is 697. The van der Waals surface area contributed by atoms with E-state index in [2.05, 4.69) is 21.2 Å². The maximum atomic E-state index is 12.4. The number of hydrogen-bond donors (Lipinski definition) is 2. The minimum atomic E-state index is -0.647. The smallest absolute Gasteiger partial charge is 0.262 e. The molecule has 2 amide bonds. The summed E-state index contributed by atoms with van der Waals surface area (Å²) >= 11 is 4.80. The van der Waals surface area contributed by atoms with Gasteiger partial charge in [0.15, 0.2) is 0 Å². The molecule has 0 saturated carbocycles. The second kappa shape index (κ2) is 7.75. The fourth-order valence-corrected chi connectivity index (χ4v) is 3.35. The van der Waals surface area contributed by atoms with Crippen LogP contribution in [0.4, 0.5) is 0 Å². The Morgan fingerprint density at radius 3 is 2.43 bits per heavy atom. The van der Waals surface area contributed by atoms with E-state index in [1.165, 1.54) is 11.3 Å². The van der Waals surface area contributed by atoms with Crippen molar-refractivity contribution in [3.8, 4) is 10.4 Å². The van der Waals surface area contributed by atoms with E-state index < -0.39 is 11.9 Å². The largest absolute Gasteiger partial charge is 0.368 e. The van der Waals surface area contributed by atoms with Crippen molar-refractivity contribution in [1.29, 1.82) is 0 Å². The first kappa shape index (κ1) is 17.7. The molecule has 2 unspecified atom stereocenters. The Morgan fingerprint density at radius 2 is 1.87 bits per heavy atom. The number of primary amides is 1. The average molecular weight is 395 g/mol. The van der Waals surface area contributed by atoms with Gasteiger partial charge in [-0.05, 0) is 35.7 Å². The van der Waals surface area contributed by atoms with Crippen LogP contribution in [0.1, 0.15) is 29.9 Å². The molecule has 6 heteroatoms. The molecule has 0 fully saturated rings. The van der Waals surface area contributed by atoms with Gasteiger partial charge in [-0.25, -0.2) is 0 Å². The molecular weight excluding hydrogens is 376 g/mol. The molecule has 0 bridgehead atoms. The summed E-state index contributed by atoms with van der Waals surface area (Å²) in [5.74, 6) is -0.762. The molecule has 1 heterocycles. The first-order valence-electron chi connectivity index (χ1n) is 7.38. The number of nitrogens with one attached hydrogen (secondary N) is 1. The standard InChI is InChI=1S/C17H19BrN2O2S/c1-3-10(2)15(16(19)21)20-17(22)14-9-8-13(23-14)11-4-6-12(18)7-5-11/h4-10,15H,3H2,1-2H3,(H2,19,21)(H,20,22). The number of amides is 2. The number of nitrogens with two attached hydrogens (primary N) is 1. The van der Waals surface area contributed by atoms with Gasteiger partial charge in [0.25, 0.3) is 5.91 Å². The minimum absolute atomic E-state index is 0.00218. The molecule has 122 valence electrons. The maximum absolute atomic E-state index is 12.4. The lowest BCUT2D eigenvalue weighted by molar-refractivity contribution is -0.120. The second-order valence-electron chi connectivity index (χ2n) is 5.41. The van der Waals surface area contributed by atoms with Crippen LogP contribution in [0, 0.1) is 5.92 Å². The van der Waals surface area contributed by atoms with Crippen LogP contribution in [0.2, 0.25) is 0 Å². The topological polar surface area (TPSA) is 72.2 Å². The third-order valence-electron chi connectivity index (χ3n) is 3.76. The molecule has 23 heavy (non-hydrogen) atoms. The summed E-state index contributed by atoms with van der Waals surface area (Å²) in [6.07, 6.45) is 0.766. The van der Waals surface area contributed by atoms with Gasteiger partial charge in [-0.1, -0.05) is 48.3 Å². The van der Waals surface area contributed by atoms with Gasteiger partial charge < -0.3 is 11.1 Å². The Balaban J connectivity index is 2.14. The van der Waals surface area contributed by atoms with Gasteiger partial charge in [-0.2, -0.15) is 0 Å². The monoisotopic (exact) mass is 394 g/mol. The molecule has 3 N–H and O–H groups in total. The number of thiophene rings is 1. The van der Waals surface area contributed by atoms with E-state index in [1.54, 1.807) is 6.07 Å². The Hall–Kier alpha value is -1.66. The first-order chi connectivity index (χ1) is 10.9. The SMILES string of the molecule is CCC(C)C(NC(=O)c1ccc(-c2ccc(Br)cc2)s1)C(N)=O. The lowest BCUT2D eigenvalue weighted by Gasteiger charge is -2.20. The van der Waals surface area contributed by atoms with Gasteiger partial charge in [0.2, 0.25) is 5.91 Å². The van der Waals surface area contributed by atoms with Crippen LogP contribution < -0.4 is 11.1 Å². The van der Waals surface area contributed by atoms with Crippen LogP contribution >= 0.6 is 27.3 Å². The van der Waals surface area contributed by atoms with E-state index in [-0.39, 0.29) is 11.8 Å². The maximum Gasteiger partial charge on any atom is 0.262 e. The van der Waals surface area contributed by atoms with Crippen LogP contribution in [-0.4, -0.2) is 17.9 Å². The number of hydrogen-bond acceptors (Lipinski definition) is 3. The van der Waals surface area contributed by atoms with Crippen LogP contribution in [0.15, 0.2) is 40.9 Å². The molecule has 1 aromatic carbocycles. The summed E-state index contributed by atoms with van der Waals surface area (Å²) in [5.41, 5.74) is 6.44. The lowest BCUT2D eigenvalue weighted by Crippen LogP contribution is -2.48. The van der Waals surface area contributed by atoms with Crippen molar-refractivity contribution < 1.29 is 9.59 Å². The summed E-state index contributed by atoms with van der Waals surface area (Å²) in [7, 11) is 0. The zero-order chi connectivity index (χ0) is 17.0. The molecular formula is C17H19BrN2O2S. The summed E-state index contributed by atoms with van der Waals surface area (Å²) < 4.78 is 1.01. The highest BCUT2D eigenvalue weighted by atomic mass is 79.9. The fraction of sp³-hybridized carbons (Fsp3) is 0.294. The minimum Gasteiger partial charge on any atom is -0.368 e. The molecule has 0 aliphatic heterocycles. The number of halogens is 1. The molecule has 1 aromatic heterocycles. The van der Waals surface area contributed by atoms with Crippen molar-refractivity contribution in [1.82, 2.24) is 5.32 Å². The molecule has 0 spiro atoms. The van der Waals surface area contributed by atoms with E-state index in [0.29, 0.717) is 4.88 Å². The Morgan fingerprint density at radius 1 is 1.22 bits per heavy atom. The van der Waals surface area contributed by atoms with Gasteiger partial charge >= 0.3 is 0 Å². The Kier molecular flexibility index (Phi) is 5.96. The molecule has 0 saturated heterocycles. The second-order valence-corrected chi connectivity index (χ2v) is 7.41. The van der Waals surface area contributed by atoms with Crippen molar-refractivity contribution in [2.75, 3.05) is 0 Å². The van der Waals surface area contributed by atoms with Gasteiger partial charge in [0.05, 0.1) is 4.88 Å². The number of benzene rings is 1. The lowest BCUT2D eigenvalue weighted by atomic mass is 9.98. The zero-order valence-corrected chi connectivity index (χ0v) is 15.4. The van der Waals surface area contributed by atoms with E-state index in [0.717, 1.165) is 21.3 Å². The summed E-state index contributed by atoms with van der Waals surface area (Å²) in [4.78, 5) is 25.5. The molecule has 2 aromatic rings. The van der Waals surface area contributed by atoms with E-state index >= 15 is 0 Å². The zero-order valence-electron chi connectivity index (χ0n) is 13.0. The third-order valence-corrected chi connectivity index (χ3v) is 5.43. The van der Waals surface area contributed by atoms with Crippen molar-refractivity contribution >= 4 is 39.1 Å². The van der Waals surface area contributed by atoms with Crippen LogP contribution in [0.3, 0.4) is 0 Å². The molecule has 0 aliphatic carbocycles.